The molecule has 13 rings (SSSR count). The van der Waals surface area contributed by atoms with Crippen LogP contribution in [0.4, 0.5) is 0 Å². The summed E-state index contributed by atoms with van der Waals surface area (Å²) < 4.78 is 0. The van der Waals surface area contributed by atoms with Crippen LogP contribution in [0.1, 0.15) is 22.3 Å². The first kappa shape index (κ1) is 37.3. The van der Waals surface area contributed by atoms with Crippen molar-refractivity contribution in [1.82, 2.24) is 0 Å². The van der Waals surface area contributed by atoms with E-state index < -0.39 is 5.41 Å². The quantitative estimate of drug-likeness (QED) is 0.157. The lowest BCUT2D eigenvalue weighted by atomic mass is 9.69. The van der Waals surface area contributed by atoms with E-state index in [0.717, 1.165) is 0 Å². The van der Waals surface area contributed by atoms with Gasteiger partial charge in [-0.3, -0.25) is 0 Å². The molecule has 1 spiro atoms. The van der Waals surface area contributed by atoms with Crippen molar-refractivity contribution in [1.29, 1.82) is 0 Å². The fraction of sp³-hybridized carbons (Fsp3) is 0.0154. The van der Waals surface area contributed by atoms with Gasteiger partial charge in [-0.25, -0.2) is 0 Å². The van der Waals surface area contributed by atoms with E-state index in [1.54, 1.807) is 0 Å². The standard InChI is InChI=1S/C65H42/c1-5-17-43(18-6-1)50-36-51(44-19-7-2-8-20-44)39-54(38-50)47-29-32-56-49(35-47)31-34-60-59-33-30-48(55-40-52(45-21-9-3-10-22-45)37-53(41-55)46-23-11-4-12-24-46)42-63(59)65(64(56)60)61-27-15-13-25-57(61)58-26-14-16-28-62(58)65/h1-42H. The summed E-state index contributed by atoms with van der Waals surface area (Å²) in [5.74, 6) is 0. The van der Waals surface area contributed by atoms with Crippen LogP contribution in [0, 0.1) is 0 Å². The van der Waals surface area contributed by atoms with Crippen molar-refractivity contribution in [2.45, 2.75) is 5.41 Å². The van der Waals surface area contributed by atoms with Gasteiger partial charge in [0.2, 0.25) is 0 Å². The fourth-order valence-corrected chi connectivity index (χ4v) is 11.1. The number of hydrogen-bond acceptors (Lipinski definition) is 0. The van der Waals surface area contributed by atoms with Crippen LogP contribution in [0.15, 0.2) is 255 Å². The summed E-state index contributed by atoms with van der Waals surface area (Å²) in [5.41, 5.74) is 24.7. The molecule has 0 saturated carbocycles. The molecule has 0 aliphatic heterocycles. The van der Waals surface area contributed by atoms with E-state index >= 15 is 0 Å². The summed E-state index contributed by atoms with van der Waals surface area (Å²) >= 11 is 0. The van der Waals surface area contributed by atoms with Gasteiger partial charge < -0.3 is 0 Å². The Bertz CT molecular complexity index is 3460. The summed E-state index contributed by atoms with van der Waals surface area (Å²) in [6, 6.07) is 94.7. The largest absolute Gasteiger partial charge is 0.0731 e. The molecular weight excluding hydrogens is 781 g/mol. The molecule has 302 valence electrons. The van der Waals surface area contributed by atoms with E-state index in [9.17, 15) is 0 Å². The van der Waals surface area contributed by atoms with Crippen molar-refractivity contribution in [3.8, 4) is 89.0 Å². The van der Waals surface area contributed by atoms with Crippen LogP contribution in [-0.2, 0) is 5.41 Å². The van der Waals surface area contributed by atoms with Crippen LogP contribution >= 0.6 is 0 Å². The molecule has 0 amide bonds. The first-order chi connectivity index (χ1) is 32.2. The zero-order valence-corrected chi connectivity index (χ0v) is 35.7. The van der Waals surface area contributed by atoms with Gasteiger partial charge in [0.15, 0.2) is 0 Å². The molecule has 11 aromatic rings. The SMILES string of the molecule is c1ccc(-c2cc(-c3ccccc3)cc(-c3ccc4c(c3)C3(c5ccccc5-c5ccccc53)c3c-4ccc4cc(-c5cc(-c6ccccc6)cc(-c6ccccc6)c5)ccc34)c2)cc1. The third-order valence-electron chi connectivity index (χ3n) is 14.0. The van der Waals surface area contributed by atoms with Gasteiger partial charge in [-0.2, -0.15) is 0 Å². The highest BCUT2D eigenvalue weighted by Gasteiger charge is 2.52. The third kappa shape index (κ3) is 5.92. The highest BCUT2D eigenvalue weighted by Crippen LogP contribution is 2.64. The van der Waals surface area contributed by atoms with Gasteiger partial charge in [-0.05, 0) is 171 Å². The maximum atomic E-state index is 2.52. The van der Waals surface area contributed by atoms with Gasteiger partial charge in [-0.15, -0.1) is 0 Å². The smallest absolute Gasteiger partial charge is 0.0622 e. The zero-order chi connectivity index (χ0) is 42.9. The monoisotopic (exact) mass is 822 g/mol. The molecule has 65 heavy (non-hydrogen) atoms. The van der Waals surface area contributed by atoms with Crippen molar-refractivity contribution >= 4 is 10.8 Å². The van der Waals surface area contributed by atoms with E-state index in [-0.39, 0.29) is 0 Å². The molecule has 11 aromatic carbocycles. The van der Waals surface area contributed by atoms with Gasteiger partial charge in [0.1, 0.15) is 0 Å². The minimum Gasteiger partial charge on any atom is -0.0622 e. The molecule has 0 heteroatoms. The molecule has 0 atom stereocenters. The van der Waals surface area contributed by atoms with E-state index in [2.05, 4.69) is 255 Å². The molecule has 0 N–H and O–H groups in total. The predicted molar refractivity (Wildman–Crippen MR) is 273 cm³/mol. The average molecular weight is 823 g/mol. The lowest BCUT2D eigenvalue weighted by Gasteiger charge is -2.32. The lowest BCUT2D eigenvalue weighted by Crippen LogP contribution is -2.26. The molecule has 2 aliphatic rings. The van der Waals surface area contributed by atoms with Crippen molar-refractivity contribution in [3.05, 3.63) is 277 Å². The number of fused-ring (bicyclic) bond motifs is 12. The van der Waals surface area contributed by atoms with Crippen LogP contribution < -0.4 is 0 Å². The maximum Gasteiger partial charge on any atom is 0.0731 e. The van der Waals surface area contributed by atoms with E-state index in [1.165, 1.54) is 122 Å². The Balaban J connectivity index is 1.03. The van der Waals surface area contributed by atoms with Crippen LogP contribution in [0.25, 0.3) is 99.8 Å². The highest BCUT2D eigenvalue weighted by molar-refractivity contribution is 6.05. The van der Waals surface area contributed by atoms with Crippen molar-refractivity contribution in [3.63, 3.8) is 0 Å². The first-order valence-corrected chi connectivity index (χ1v) is 22.6. The Kier molecular flexibility index (Phi) is 8.54. The van der Waals surface area contributed by atoms with E-state index in [0.29, 0.717) is 0 Å². The Morgan fingerprint density at radius 2 is 0.554 bits per heavy atom. The maximum absolute atomic E-state index is 2.52. The second-order valence-electron chi connectivity index (χ2n) is 17.6. The summed E-state index contributed by atoms with van der Waals surface area (Å²) in [5, 5.41) is 2.53. The van der Waals surface area contributed by atoms with Crippen LogP contribution in [0.5, 0.6) is 0 Å². The minimum atomic E-state index is -0.512. The summed E-state index contributed by atoms with van der Waals surface area (Å²) in [6.45, 7) is 0. The molecule has 0 unspecified atom stereocenters. The molecule has 2 aliphatic carbocycles. The summed E-state index contributed by atoms with van der Waals surface area (Å²) in [7, 11) is 0. The Morgan fingerprint density at radius 3 is 1.02 bits per heavy atom. The lowest BCUT2D eigenvalue weighted by molar-refractivity contribution is 0.801. The zero-order valence-electron chi connectivity index (χ0n) is 35.7. The Hall–Kier alpha value is -8.32. The number of benzene rings is 11. The van der Waals surface area contributed by atoms with Crippen LogP contribution in [-0.4, -0.2) is 0 Å². The van der Waals surface area contributed by atoms with Gasteiger partial charge in [0.25, 0.3) is 0 Å². The van der Waals surface area contributed by atoms with Gasteiger partial charge >= 0.3 is 0 Å². The van der Waals surface area contributed by atoms with Crippen molar-refractivity contribution in [2.75, 3.05) is 0 Å². The van der Waals surface area contributed by atoms with E-state index in [1.807, 2.05) is 0 Å². The molecular formula is C65H42. The van der Waals surface area contributed by atoms with Crippen molar-refractivity contribution < 1.29 is 0 Å². The van der Waals surface area contributed by atoms with Crippen molar-refractivity contribution in [2.24, 2.45) is 0 Å². The van der Waals surface area contributed by atoms with Gasteiger partial charge in [0, 0.05) is 0 Å². The second-order valence-corrected chi connectivity index (χ2v) is 17.6. The van der Waals surface area contributed by atoms with Gasteiger partial charge in [0.05, 0.1) is 5.41 Å². The number of rotatable bonds is 6. The minimum absolute atomic E-state index is 0.512. The first-order valence-electron chi connectivity index (χ1n) is 22.6. The third-order valence-corrected chi connectivity index (χ3v) is 14.0. The predicted octanol–water partition coefficient (Wildman–Crippen LogP) is 17.2. The fourth-order valence-electron chi connectivity index (χ4n) is 11.1. The van der Waals surface area contributed by atoms with Crippen LogP contribution in [0.3, 0.4) is 0 Å². The molecule has 0 fully saturated rings. The van der Waals surface area contributed by atoms with Crippen LogP contribution in [0.2, 0.25) is 0 Å². The molecule has 0 heterocycles. The highest BCUT2D eigenvalue weighted by atomic mass is 14.5. The normalized spacial score (nSPS) is 12.7. The summed E-state index contributed by atoms with van der Waals surface area (Å²) in [4.78, 5) is 0. The average Bonchev–Trinajstić information content (AvgIpc) is 3.86. The molecule has 0 aromatic heterocycles. The number of hydrogen-bond donors (Lipinski definition) is 0. The summed E-state index contributed by atoms with van der Waals surface area (Å²) in [6.07, 6.45) is 0. The van der Waals surface area contributed by atoms with E-state index in [4.69, 9.17) is 0 Å². The molecule has 0 saturated heterocycles. The molecule has 0 bridgehead atoms. The molecule has 0 nitrogen and oxygen atoms in total. The Labute approximate surface area is 380 Å². The Morgan fingerprint density at radius 1 is 0.200 bits per heavy atom. The molecule has 0 radical (unpaired) electrons. The van der Waals surface area contributed by atoms with Gasteiger partial charge in [-0.1, -0.05) is 206 Å². The topological polar surface area (TPSA) is 0 Å². The second kappa shape index (κ2) is 14.9.